The summed E-state index contributed by atoms with van der Waals surface area (Å²) in [6.45, 7) is 2.04. The van der Waals surface area contributed by atoms with Crippen LogP contribution in [0.5, 0.6) is 0 Å². The maximum absolute atomic E-state index is 6.34. The van der Waals surface area contributed by atoms with Crippen LogP contribution >= 0.6 is 11.3 Å². The number of hydrogen-bond acceptors (Lipinski definition) is 3. The molecule has 0 fully saturated rings. The number of benzene rings is 1. The number of hydrogen-bond donors (Lipinski definition) is 1. The Bertz CT molecular complexity index is 685. The van der Waals surface area contributed by atoms with Gasteiger partial charge in [0.2, 0.25) is 0 Å². The van der Waals surface area contributed by atoms with E-state index in [0.29, 0.717) is 0 Å². The number of fused-ring (bicyclic) bond motifs is 1. The first-order chi connectivity index (χ1) is 9.24. The van der Waals surface area contributed by atoms with E-state index in [1.807, 2.05) is 13.1 Å². The maximum Gasteiger partial charge on any atom is 0.0422 e. The lowest BCUT2D eigenvalue weighted by Crippen LogP contribution is -2.13. The number of aryl methyl sites for hydroxylation is 1. The molecule has 1 unspecified atom stereocenters. The van der Waals surface area contributed by atoms with Gasteiger partial charge in [-0.2, -0.15) is 0 Å². The largest absolute Gasteiger partial charge is 0.324 e. The summed E-state index contributed by atoms with van der Waals surface area (Å²) < 4.78 is 1.30. The fourth-order valence-electron chi connectivity index (χ4n) is 2.24. The van der Waals surface area contributed by atoms with Gasteiger partial charge in [0, 0.05) is 29.1 Å². The van der Waals surface area contributed by atoms with Gasteiger partial charge in [-0.3, -0.25) is 4.98 Å². The van der Waals surface area contributed by atoms with E-state index < -0.39 is 0 Å². The van der Waals surface area contributed by atoms with E-state index in [9.17, 15) is 0 Å². The van der Waals surface area contributed by atoms with Crippen LogP contribution in [0, 0.1) is 6.92 Å². The lowest BCUT2D eigenvalue weighted by atomic mass is 10.0. The molecule has 2 aromatic heterocycles. The van der Waals surface area contributed by atoms with Gasteiger partial charge < -0.3 is 5.73 Å². The minimum absolute atomic E-state index is 0.00589. The molecule has 0 spiro atoms. The fourth-order valence-corrected chi connectivity index (χ4v) is 3.27. The summed E-state index contributed by atoms with van der Waals surface area (Å²) in [4.78, 5) is 4.43. The predicted molar refractivity (Wildman–Crippen MR) is 81.4 cm³/mol. The molecule has 1 aromatic carbocycles. The quantitative estimate of drug-likeness (QED) is 0.783. The second kappa shape index (κ2) is 5.11. The molecule has 0 radical (unpaired) electrons. The topological polar surface area (TPSA) is 38.9 Å². The van der Waals surface area contributed by atoms with Crippen molar-refractivity contribution >= 4 is 21.4 Å². The third-order valence-corrected chi connectivity index (χ3v) is 4.29. The Hall–Kier alpha value is -1.71. The average Bonchev–Trinajstić information content (AvgIpc) is 2.85. The molecular weight excluding hydrogens is 252 g/mol. The molecule has 0 amide bonds. The van der Waals surface area contributed by atoms with Gasteiger partial charge >= 0.3 is 0 Å². The molecule has 0 aliphatic rings. The SMILES string of the molecule is Cc1ccc(CC(N)c2csc3ccccc23)nc1. The van der Waals surface area contributed by atoms with E-state index >= 15 is 0 Å². The Morgan fingerprint density at radius 3 is 2.84 bits per heavy atom. The first-order valence-corrected chi connectivity index (χ1v) is 7.25. The molecule has 0 bridgehead atoms. The molecule has 0 aliphatic heterocycles. The van der Waals surface area contributed by atoms with Crippen molar-refractivity contribution in [2.75, 3.05) is 0 Å². The van der Waals surface area contributed by atoms with Crippen LogP contribution < -0.4 is 5.73 Å². The Balaban J connectivity index is 1.87. The Morgan fingerprint density at radius 2 is 2.05 bits per heavy atom. The molecule has 1 atom stereocenters. The van der Waals surface area contributed by atoms with Crippen molar-refractivity contribution < 1.29 is 0 Å². The number of nitrogens with two attached hydrogens (primary N) is 1. The second-order valence-electron chi connectivity index (χ2n) is 4.82. The Kier molecular flexibility index (Phi) is 3.32. The van der Waals surface area contributed by atoms with E-state index in [1.165, 1.54) is 21.2 Å². The molecular formula is C16H16N2S. The van der Waals surface area contributed by atoms with E-state index in [-0.39, 0.29) is 6.04 Å². The van der Waals surface area contributed by atoms with Gasteiger partial charge in [-0.15, -0.1) is 11.3 Å². The minimum atomic E-state index is 0.00589. The molecule has 3 aromatic rings. The van der Waals surface area contributed by atoms with E-state index in [2.05, 4.69) is 46.8 Å². The van der Waals surface area contributed by atoms with Gasteiger partial charge in [0.1, 0.15) is 0 Å². The van der Waals surface area contributed by atoms with E-state index in [4.69, 9.17) is 5.73 Å². The number of rotatable bonds is 3. The van der Waals surface area contributed by atoms with Gasteiger partial charge in [-0.1, -0.05) is 24.3 Å². The highest BCUT2D eigenvalue weighted by molar-refractivity contribution is 7.17. The highest BCUT2D eigenvalue weighted by Gasteiger charge is 2.12. The summed E-state index contributed by atoms with van der Waals surface area (Å²) in [6.07, 6.45) is 2.68. The molecule has 2 heterocycles. The van der Waals surface area contributed by atoms with E-state index in [0.717, 1.165) is 12.1 Å². The van der Waals surface area contributed by atoms with Crippen molar-refractivity contribution in [1.82, 2.24) is 4.98 Å². The van der Waals surface area contributed by atoms with Crippen LogP contribution in [0.25, 0.3) is 10.1 Å². The van der Waals surface area contributed by atoms with Crippen molar-refractivity contribution in [2.24, 2.45) is 5.73 Å². The lowest BCUT2D eigenvalue weighted by molar-refractivity contribution is 0.714. The minimum Gasteiger partial charge on any atom is -0.324 e. The zero-order chi connectivity index (χ0) is 13.2. The van der Waals surface area contributed by atoms with Crippen molar-refractivity contribution in [3.8, 4) is 0 Å². The molecule has 3 heteroatoms. The summed E-state index contributed by atoms with van der Waals surface area (Å²) in [5, 5.41) is 3.44. The molecule has 0 aliphatic carbocycles. The number of pyridine rings is 1. The van der Waals surface area contributed by atoms with E-state index in [1.54, 1.807) is 11.3 Å². The summed E-state index contributed by atoms with van der Waals surface area (Å²) >= 11 is 1.75. The molecule has 3 rings (SSSR count). The standard InChI is InChI=1S/C16H16N2S/c1-11-6-7-12(18-9-11)8-15(17)14-10-19-16-5-3-2-4-13(14)16/h2-7,9-10,15H,8,17H2,1H3. The number of thiophene rings is 1. The first-order valence-electron chi connectivity index (χ1n) is 6.37. The summed E-state index contributed by atoms with van der Waals surface area (Å²) in [5.74, 6) is 0. The van der Waals surface area contributed by atoms with Crippen LogP contribution in [0.4, 0.5) is 0 Å². The molecule has 2 N–H and O–H groups in total. The smallest absolute Gasteiger partial charge is 0.0422 e. The average molecular weight is 268 g/mol. The van der Waals surface area contributed by atoms with Crippen molar-refractivity contribution in [3.05, 3.63) is 64.8 Å². The zero-order valence-electron chi connectivity index (χ0n) is 10.8. The Morgan fingerprint density at radius 1 is 1.21 bits per heavy atom. The van der Waals surface area contributed by atoms with Crippen molar-refractivity contribution in [2.45, 2.75) is 19.4 Å². The number of nitrogens with zero attached hydrogens (tertiary/aromatic N) is 1. The van der Waals surface area contributed by atoms with Crippen LogP contribution in [0.1, 0.15) is 22.9 Å². The second-order valence-corrected chi connectivity index (χ2v) is 5.74. The molecule has 96 valence electrons. The zero-order valence-corrected chi connectivity index (χ0v) is 11.7. The van der Waals surface area contributed by atoms with Crippen LogP contribution in [-0.4, -0.2) is 4.98 Å². The van der Waals surface area contributed by atoms with Gasteiger partial charge in [-0.05, 0) is 40.9 Å². The van der Waals surface area contributed by atoms with Crippen LogP contribution in [0.15, 0.2) is 48.0 Å². The normalized spacial score (nSPS) is 12.7. The third-order valence-electron chi connectivity index (χ3n) is 3.31. The molecule has 0 saturated carbocycles. The summed E-state index contributed by atoms with van der Waals surface area (Å²) in [5.41, 5.74) is 9.80. The predicted octanol–water partition coefficient (Wildman–Crippen LogP) is 3.85. The van der Waals surface area contributed by atoms with Gasteiger partial charge in [0.15, 0.2) is 0 Å². The van der Waals surface area contributed by atoms with Crippen LogP contribution in [0.2, 0.25) is 0 Å². The van der Waals surface area contributed by atoms with Crippen LogP contribution in [-0.2, 0) is 6.42 Å². The lowest BCUT2D eigenvalue weighted by Gasteiger charge is -2.10. The molecule has 0 saturated heterocycles. The highest BCUT2D eigenvalue weighted by atomic mass is 32.1. The first kappa shape index (κ1) is 12.3. The van der Waals surface area contributed by atoms with Crippen molar-refractivity contribution in [3.63, 3.8) is 0 Å². The van der Waals surface area contributed by atoms with Gasteiger partial charge in [0.25, 0.3) is 0 Å². The van der Waals surface area contributed by atoms with Gasteiger partial charge in [-0.25, -0.2) is 0 Å². The fraction of sp³-hybridized carbons (Fsp3) is 0.188. The summed E-state index contributed by atoms with van der Waals surface area (Å²) in [7, 11) is 0. The van der Waals surface area contributed by atoms with Gasteiger partial charge in [0.05, 0.1) is 0 Å². The monoisotopic (exact) mass is 268 g/mol. The molecule has 2 nitrogen and oxygen atoms in total. The van der Waals surface area contributed by atoms with Crippen molar-refractivity contribution in [1.29, 1.82) is 0 Å². The number of aromatic nitrogens is 1. The third kappa shape index (κ3) is 2.53. The summed E-state index contributed by atoms with van der Waals surface area (Å²) in [6, 6.07) is 12.6. The molecule has 19 heavy (non-hydrogen) atoms. The maximum atomic E-state index is 6.34. The highest BCUT2D eigenvalue weighted by Crippen LogP contribution is 2.30. The Labute approximate surface area is 116 Å². The van der Waals surface area contributed by atoms with Crippen LogP contribution in [0.3, 0.4) is 0 Å².